The number of rotatable bonds is 4. The van der Waals surface area contributed by atoms with E-state index in [9.17, 15) is 32.2 Å². The third-order valence-corrected chi connectivity index (χ3v) is 7.37. The molecule has 1 aromatic carbocycles. The smallest absolute Gasteiger partial charge is 0.388 e. The Labute approximate surface area is 236 Å². The van der Waals surface area contributed by atoms with Crippen molar-refractivity contribution >= 4 is 23.2 Å². The maximum atomic E-state index is 14.6. The Morgan fingerprint density at radius 3 is 2.54 bits per heavy atom. The zero-order valence-electron chi connectivity index (χ0n) is 20.3. The van der Waals surface area contributed by atoms with Crippen LogP contribution in [0.1, 0.15) is 23.7 Å². The first-order chi connectivity index (χ1) is 19.5. The van der Waals surface area contributed by atoms with Crippen molar-refractivity contribution in [1.82, 2.24) is 29.5 Å². The first kappa shape index (κ1) is 27.9. The molecule has 216 valence electrons. The van der Waals surface area contributed by atoms with E-state index in [1.807, 2.05) is 0 Å². The van der Waals surface area contributed by atoms with Crippen LogP contribution < -0.4 is 0 Å². The number of nitrogens with zero attached hydrogens (tertiary/aromatic N) is 6. The SMILES string of the molecule is OC1CO[C@H]2C1O[C@@H](c1ncnn1-c1cc(Cl)cnc1C(F)(F)F)C(O)C2n1cc(-c2ccc(Cl)c(F)c2F)cn1. The van der Waals surface area contributed by atoms with E-state index in [2.05, 4.69) is 20.2 Å². The van der Waals surface area contributed by atoms with Gasteiger partial charge in [0.25, 0.3) is 0 Å². The molecule has 0 amide bonds. The molecule has 10 nitrogen and oxygen atoms in total. The minimum Gasteiger partial charge on any atom is -0.388 e. The van der Waals surface area contributed by atoms with Crippen LogP contribution >= 0.6 is 23.2 Å². The number of benzene rings is 1. The highest BCUT2D eigenvalue weighted by Crippen LogP contribution is 2.44. The molecule has 2 saturated heterocycles. The van der Waals surface area contributed by atoms with Crippen molar-refractivity contribution in [3.8, 4) is 16.8 Å². The van der Waals surface area contributed by atoms with Crippen LogP contribution in [0.25, 0.3) is 16.8 Å². The van der Waals surface area contributed by atoms with Gasteiger partial charge in [0.15, 0.2) is 23.2 Å². The second-order valence-corrected chi connectivity index (χ2v) is 10.2. The van der Waals surface area contributed by atoms with E-state index in [-0.39, 0.29) is 28.6 Å². The van der Waals surface area contributed by atoms with Crippen LogP contribution in [0.15, 0.2) is 43.1 Å². The number of aliphatic hydroxyl groups excluding tert-OH is 2. The molecule has 0 aliphatic carbocycles. The third-order valence-electron chi connectivity index (χ3n) is 6.88. The first-order valence-electron chi connectivity index (χ1n) is 11.9. The van der Waals surface area contributed by atoms with Gasteiger partial charge in [0.05, 0.1) is 28.5 Å². The number of aliphatic hydroxyl groups is 2. The number of hydrogen-bond acceptors (Lipinski definition) is 8. The van der Waals surface area contributed by atoms with E-state index < -0.39 is 70.8 Å². The average molecular weight is 619 g/mol. The van der Waals surface area contributed by atoms with Crippen molar-refractivity contribution in [2.45, 2.75) is 42.7 Å². The molecule has 41 heavy (non-hydrogen) atoms. The van der Waals surface area contributed by atoms with Gasteiger partial charge in [-0.25, -0.2) is 23.4 Å². The molecule has 0 saturated carbocycles. The third kappa shape index (κ3) is 4.75. The maximum absolute atomic E-state index is 14.6. The van der Waals surface area contributed by atoms with E-state index in [1.165, 1.54) is 29.2 Å². The Hall–Kier alpha value is -3.21. The lowest BCUT2D eigenvalue weighted by atomic mass is 9.91. The largest absolute Gasteiger partial charge is 0.435 e. The van der Waals surface area contributed by atoms with Crippen LogP contribution in [0.3, 0.4) is 0 Å². The summed E-state index contributed by atoms with van der Waals surface area (Å²) in [5.41, 5.74) is -1.91. The molecular formula is C24H17Cl2F5N6O4. The quantitative estimate of drug-likeness (QED) is 0.261. The first-order valence-corrected chi connectivity index (χ1v) is 12.7. The number of alkyl halides is 3. The molecule has 17 heteroatoms. The van der Waals surface area contributed by atoms with E-state index >= 15 is 0 Å². The number of pyridine rings is 1. The minimum atomic E-state index is -4.89. The molecule has 5 heterocycles. The summed E-state index contributed by atoms with van der Waals surface area (Å²) in [5, 5.41) is 29.6. The molecule has 6 atom stereocenters. The van der Waals surface area contributed by atoms with Gasteiger partial charge in [-0.15, -0.1) is 0 Å². The van der Waals surface area contributed by atoms with E-state index in [0.29, 0.717) is 0 Å². The predicted molar refractivity (Wildman–Crippen MR) is 130 cm³/mol. The second-order valence-electron chi connectivity index (χ2n) is 9.35. The van der Waals surface area contributed by atoms with Gasteiger partial charge in [-0.1, -0.05) is 23.2 Å². The van der Waals surface area contributed by atoms with Gasteiger partial charge in [0.2, 0.25) is 0 Å². The normalized spacial score (nSPS) is 26.4. The molecule has 0 bridgehead atoms. The van der Waals surface area contributed by atoms with Gasteiger partial charge >= 0.3 is 6.18 Å². The number of fused-ring (bicyclic) bond motifs is 1. The van der Waals surface area contributed by atoms with Crippen molar-refractivity contribution in [3.63, 3.8) is 0 Å². The van der Waals surface area contributed by atoms with E-state index in [0.717, 1.165) is 23.3 Å². The molecule has 2 aliphatic heterocycles. The Bertz CT molecular complexity index is 1620. The zero-order valence-corrected chi connectivity index (χ0v) is 21.8. The van der Waals surface area contributed by atoms with Gasteiger partial charge in [-0.3, -0.25) is 4.68 Å². The molecule has 2 fully saturated rings. The van der Waals surface area contributed by atoms with Crippen molar-refractivity contribution in [3.05, 3.63) is 76.3 Å². The molecule has 4 aromatic rings. The van der Waals surface area contributed by atoms with Gasteiger partial charge in [0.1, 0.15) is 42.9 Å². The van der Waals surface area contributed by atoms with Crippen LogP contribution in [0.5, 0.6) is 0 Å². The lowest BCUT2D eigenvalue weighted by Crippen LogP contribution is -2.52. The van der Waals surface area contributed by atoms with Crippen LogP contribution in [0.2, 0.25) is 10.0 Å². The van der Waals surface area contributed by atoms with Gasteiger partial charge < -0.3 is 19.7 Å². The van der Waals surface area contributed by atoms with Gasteiger partial charge in [0, 0.05) is 23.5 Å². The zero-order chi connectivity index (χ0) is 29.2. The number of halogens is 7. The predicted octanol–water partition coefficient (Wildman–Crippen LogP) is 3.93. The Kier molecular flexibility index (Phi) is 6.99. The molecular weight excluding hydrogens is 602 g/mol. The summed E-state index contributed by atoms with van der Waals surface area (Å²) in [6.45, 7) is -0.181. The van der Waals surface area contributed by atoms with Gasteiger partial charge in [-0.2, -0.15) is 23.4 Å². The Balaban J connectivity index is 1.42. The lowest BCUT2D eigenvalue weighted by molar-refractivity contribution is -0.196. The summed E-state index contributed by atoms with van der Waals surface area (Å²) in [5.74, 6) is -2.72. The number of ether oxygens (including phenoxy) is 2. The molecule has 0 spiro atoms. The van der Waals surface area contributed by atoms with Crippen molar-refractivity contribution in [2.24, 2.45) is 0 Å². The number of hydrogen-bond donors (Lipinski definition) is 2. The molecule has 6 rings (SSSR count). The highest BCUT2D eigenvalue weighted by atomic mass is 35.5. The van der Waals surface area contributed by atoms with Crippen LogP contribution in [-0.4, -0.2) is 70.8 Å². The summed E-state index contributed by atoms with van der Waals surface area (Å²) < 4.78 is 83.7. The van der Waals surface area contributed by atoms with Gasteiger partial charge in [-0.05, 0) is 18.2 Å². The van der Waals surface area contributed by atoms with Crippen LogP contribution in [0.4, 0.5) is 22.0 Å². The van der Waals surface area contributed by atoms with Crippen molar-refractivity contribution in [1.29, 1.82) is 0 Å². The molecule has 2 aliphatic rings. The average Bonchev–Trinajstić information content (AvgIpc) is 3.67. The lowest BCUT2D eigenvalue weighted by Gasteiger charge is -2.41. The maximum Gasteiger partial charge on any atom is 0.435 e. The molecule has 4 unspecified atom stereocenters. The fraction of sp³-hybridized carbons (Fsp3) is 0.333. The second kappa shape index (κ2) is 10.3. The summed E-state index contributed by atoms with van der Waals surface area (Å²) in [7, 11) is 0. The van der Waals surface area contributed by atoms with Crippen molar-refractivity contribution < 1.29 is 41.6 Å². The summed E-state index contributed by atoms with van der Waals surface area (Å²) in [6, 6.07) is 2.29. The monoisotopic (exact) mass is 618 g/mol. The minimum absolute atomic E-state index is 0.118. The number of aromatic nitrogens is 6. The van der Waals surface area contributed by atoms with Crippen LogP contribution in [0, 0.1) is 11.6 Å². The highest BCUT2D eigenvalue weighted by molar-refractivity contribution is 6.31. The molecule has 2 N–H and O–H groups in total. The highest BCUT2D eigenvalue weighted by Gasteiger charge is 2.54. The summed E-state index contributed by atoms with van der Waals surface area (Å²) in [6.07, 6.45) is -6.85. The fourth-order valence-corrected chi connectivity index (χ4v) is 5.35. The Morgan fingerprint density at radius 1 is 1.00 bits per heavy atom. The topological polar surface area (TPSA) is 120 Å². The van der Waals surface area contributed by atoms with Crippen molar-refractivity contribution in [2.75, 3.05) is 6.61 Å². The Morgan fingerprint density at radius 2 is 1.78 bits per heavy atom. The van der Waals surface area contributed by atoms with E-state index in [1.54, 1.807) is 0 Å². The summed E-state index contributed by atoms with van der Waals surface area (Å²) >= 11 is 11.6. The fourth-order valence-electron chi connectivity index (χ4n) is 5.05. The van der Waals surface area contributed by atoms with E-state index in [4.69, 9.17) is 32.7 Å². The van der Waals surface area contributed by atoms with Crippen LogP contribution in [-0.2, 0) is 15.7 Å². The molecule has 0 radical (unpaired) electrons. The summed E-state index contributed by atoms with van der Waals surface area (Å²) in [4.78, 5) is 7.44. The standard InChI is InChI=1S/C24H17Cl2F5N6O4/c25-10-3-13(22(32-5-10)24(29,30)31)37-23(33-8-35-37)21-18(39)17(20-19(41-21)14(38)7-40-20)36-6-9(4-34-36)11-1-2-12(26)16(28)15(11)27/h1-6,8,14,17-21,38-39H,7H2/t14?,17?,18?,19?,20-,21-/m1/s1. The molecule has 3 aromatic heterocycles.